The van der Waals surface area contributed by atoms with E-state index in [-0.39, 0.29) is 0 Å². The summed E-state index contributed by atoms with van der Waals surface area (Å²) in [6.07, 6.45) is 18.5. The second-order valence-corrected chi connectivity index (χ2v) is 2.93. The fourth-order valence-corrected chi connectivity index (χ4v) is 0.789. The predicted octanol–water partition coefficient (Wildman–Crippen LogP) is 2.49. The van der Waals surface area contributed by atoms with Crippen molar-refractivity contribution in [1.29, 1.82) is 0 Å². The molecule has 0 bridgehead atoms. The van der Waals surface area contributed by atoms with E-state index in [9.17, 15) is 9.59 Å². The van der Waals surface area contributed by atoms with Gasteiger partial charge in [0.2, 0.25) is 0 Å². The number of rotatable bonds is 7. The van der Waals surface area contributed by atoms with Crippen LogP contribution in [0.2, 0.25) is 0 Å². The van der Waals surface area contributed by atoms with Gasteiger partial charge in [0.25, 0.3) is 0 Å². The largest absolute Gasteiger partial charge is 0.478 e. The highest BCUT2D eigenvalue weighted by molar-refractivity contribution is 5.80. The molecule has 94 valence electrons. The summed E-state index contributed by atoms with van der Waals surface area (Å²) in [5, 5.41) is 16.6. The molecule has 0 aromatic rings. The summed E-state index contributed by atoms with van der Waals surface area (Å²) in [6.45, 7) is 0. The molecule has 4 heteroatoms. The van der Waals surface area contributed by atoms with Gasteiger partial charge in [0.15, 0.2) is 0 Å². The average Bonchev–Trinajstić information content (AvgIpc) is 2.29. The second kappa shape index (κ2) is 10.9. The zero-order valence-corrected chi connectivity index (χ0v) is 9.64. The van der Waals surface area contributed by atoms with E-state index in [0.29, 0.717) is 0 Å². The van der Waals surface area contributed by atoms with E-state index < -0.39 is 11.9 Å². The molecule has 0 radical (unpaired) electrons. The van der Waals surface area contributed by atoms with Crippen molar-refractivity contribution in [3.05, 3.63) is 72.9 Å². The summed E-state index contributed by atoms with van der Waals surface area (Å²) in [6, 6.07) is 0. The summed E-state index contributed by atoms with van der Waals surface area (Å²) in [4.78, 5) is 20.2. The Morgan fingerprint density at radius 2 is 0.722 bits per heavy atom. The van der Waals surface area contributed by atoms with E-state index in [1.807, 2.05) is 0 Å². The van der Waals surface area contributed by atoms with E-state index in [2.05, 4.69) is 0 Å². The Kier molecular flexibility index (Phi) is 9.30. The first-order chi connectivity index (χ1) is 8.63. The lowest BCUT2D eigenvalue weighted by atomic mass is 10.3. The molecular formula is C14H14O4. The van der Waals surface area contributed by atoms with Crippen LogP contribution in [0.5, 0.6) is 0 Å². The number of allylic oxidation sites excluding steroid dienone is 10. The van der Waals surface area contributed by atoms with E-state index in [4.69, 9.17) is 10.2 Å². The number of carboxylic acids is 2. The van der Waals surface area contributed by atoms with Crippen molar-refractivity contribution in [2.75, 3.05) is 0 Å². The van der Waals surface area contributed by atoms with Gasteiger partial charge in [0, 0.05) is 12.2 Å². The quantitative estimate of drug-likeness (QED) is 0.534. The van der Waals surface area contributed by atoms with Gasteiger partial charge in [-0.1, -0.05) is 60.8 Å². The van der Waals surface area contributed by atoms with Gasteiger partial charge in [-0.05, 0) is 0 Å². The topological polar surface area (TPSA) is 74.6 Å². The van der Waals surface area contributed by atoms with Crippen molar-refractivity contribution >= 4 is 11.9 Å². The molecule has 2 N–H and O–H groups in total. The molecule has 4 nitrogen and oxygen atoms in total. The van der Waals surface area contributed by atoms with Crippen LogP contribution in [-0.2, 0) is 9.59 Å². The molecule has 0 atom stereocenters. The van der Waals surface area contributed by atoms with Crippen LogP contribution in [0.15, 0.2) is 72.9 Å². The van der Waals surface area contributed by atoms with Crippen molar-refractivity contribution in [3.8, 4) is 0 Å². The highest BCUT2D eigenvalue weighted by Gasteiger charge is 1.79. The summed E-state index contributed by atoms with van der Waals surface area (Å²) in [5.74, 6) is -1.97. The molecule has 0 heterocycles. The molecule has 0 aliphatic carbocycles. The Hall–Kier alpha value is -2.62. The minimum atomic E-state index is -0.983. The molecule has 0 spiro atoms. The lowest BCUT2D eigenvalue weighted by Crippen LogP contribution is -1.84. The molecule has 0 aliphatic heterocycles. The highest BCUT2D eigenvalue weighted by atomic mass is 16.4. The van der Waals surface area contributed by atoms with Crippen LogP contribution >= 0.6 is 0 Å². The van der Waals surface area contributed by atoms with Gasteiger partial charge >= 0.3 is 11.9 Å². The molecule has 0 aromatic carbocycles. The maximum atomic E-state index is 10.1. The second-order valence-electron chi connectivity index (χ2n) is 2.93. The van der Waals surface area contributed by atoms with E-state index in [1.54, 1.807) is 48.6 Å². The molecular weight excluding hydrogens is 232 g/mol. The van der Waals surface area contributed by atoms with E-state index >= 15 is 0 Å². The first kappa shape index (κ1) is 15.4. The molecule has 0 unspecified atom stereocenters. The van der Waals surface area contributed by atoms with Crippen molar-refractivity contribution in [2.24, 2.45) is 0 Å². The molecule has 0 saturated carbocycles. The first-order valence-electron chi connectivity index (χ1n) is 5.10. The minimum absolute atomic E-state index is 0.983. The smallest absolute Gasteiger partial charge is 0.328 e. The standard InChI is InChI=1S/C14H14O4/c15-13(16)11-9-7-5-3-1-2-4-6-8-10-12-14(17)18/h1-12H,(H,15,16)(H,17,18)/b3-1-,4-2+,7-5+,8-6+,11-9-,12-10-. The van der Waals surface area contributed by atoms with Crippen molar-refractivity contribution in [2.45, 2.75) is 0 Å². The van der Waals surface area contributed by atoms with E-state index in [1.165, 1.54) is 12.2 Å². The molecule has 18 heavy (non-hydrogen) atoms. The van der Waals surface area contributed by atoms with Crippen LogP contribution in [0.1, 0.15) is 0 Å². The molecule has 0 amide bonds. The Labute approximate surface area is 105 Å². The number of carbonyl (C=O) groups is 2. The molecule has 0 rings (SSSR count). The normalized spacial score (nSPS) is 13.1. The number of hydrogen-bond acceptors (Lipinski definition) is 2. The van der Waals surface area contributed by atoms with Crippen LogP contribution < -0.4 is 0 Å². The SMILES string of the molecule is O=C(O)\C=C/C=C/C=C\C=C\C=C\C=C/C(=O)O. The van der Waals surface area contributed by atoms with Crippen molar-refractivity contribution in [3.63, 3.8) is 0 Å². The van der Waals surface area contributed by atoms with Crippen molar-refractivity contribution in [1.82, 2.24) is 0 Å². The summed E-state index contributed by atoms with van der Waals surface area (Å²) < 4.78 is 0. The lowest BCUT2D eigenvalue weighted by molar-refractivity contribution is -0.132. The van der Waals surface area contributed by atoms with Crippen LogP contribution in [0.3, 0.4) is 0 Å². The summed E-state index contributed by atoms with van der Waals surface area (Å²) >= 11 is 0. The van der Waals surface area contributed by atoms with Gasteiger partial charge < -0.3 is 10.2 Å². The van der Waals surface area contributed by atoms with Crippen LogP contribution in [-0.4, -0.2) is 22.2 Å². The molecule has 0 aromatic heterocycles. The third-order valence-electron chi connectivity index (χ3n) is 1.48. The maximum Gasteiger partial charge on any atom is 0.328 e. The highest BCUT2D eigenvalue weighted by Crippen LogP contribution is 1.84. The fraction of sp³-hybridized carbons (Fsp3) is 0. The van der Waals surface area contributed by atoms with Gasteiger partial charge in [0.1, 0.15) is 0 Å². The zero-order chi connectivity index (χ0) is 13.6. The minimum Gasteiger partial charge on any atom is -0.478 e. The van der Waals surface area contributed by atoms with Gasteiger partial charge in [-0.25, -0.2) is 9.59 Å². The summed E-state index contributed by atoms with van der Waals surface area (Å²) in [5.41, 5.74) is 0. The van der Waals surface area contributed by atoms with Crippen LogP contribution in [0, 0.1) is 0 Å². The summed E-state index contributed by atoms with van der Waals surface area (Å²) in [7, 11) is 0. The van der Waals surface area contributed by atoms with Crippen molar-refractivity contribution < 1.29 is 19.8 Å². The fourth-order valence-electron chi connectivity index (χ4n) is 0.789. The lowest BCUT2D eigenvalue weighted by Gasteiger charge is -1.76. The van der Waals surface area contributed by atoms with Gasteiger partial charge in [0.05, 0.1) is 0 Å². The van der Waals surface area contributed by atoms with Gasteiger partial charge in [-0.3, -0.25) is 0 Å². The van der Waals surface area contributed by atoms with Gasteiger partial charge in [-0.15, -0.1) is 0 Å². The van der Waals surface area contributed by atoms with Crippen LogP contribution in [0.25, 0.3) is 0 Å². The van der Waals surface area contributed by atoms with E-state index in [0.717, 1.165) is 12.2 Å². The number of carboxylic acid groups (broad SMARTS) is 2. The maximum absolute atomic E-state index is 10.1. The number of hydrogen-bond donors (Lipinski definition) is 2. The predicted molar refractivity (Wildman–Crippen MR) is 70.1 cm³/mol. The monoisotopic (exact) mass is 246 g/mol. The molecule has 0 aliphatic rings. The Balaban J connectivity index is 3.88. The zero-order valence-electron chi connectivity index (χ0n) is 9.64. The third-order valence-corrected chi connectivity index (χ3v) is 1.48. The molecule has 0 saturated heterocycles. The molecule has 0 fully saturated rings. The Bertz CT molecular complexity index is 393. The third kappa shape index (κ3) is 13.4. The average molecular weight is 246 g/mol. The van der Waals surface area contributed by atoms with Crippen LogP contribution in [0.4, 0.5) is 0 Å². The number of aliphatic carboxylic acids is 2. The van der Waals surface area contributed by atoms with Gasteiger partial charge in [-0.2, -0.15) is 0 Å². The Morgan fingerprint density at radius 3 is 0.944 bits per heavy atom. The first-order valence-corrected chi connectivity index (χ1v) is 5.10. The Morgan fingerprint density at radius 1 is 0.500 bits per heavy atom.